The van der Waals surface area contributed by atoms with E-state index in [-0.39, 0.29) is 36.5 Å². The summed E-state index contributed by atoms with van der Waals surface area (Å²) in [6.07, 6.45) is 2.19. The van der Waals surface area contributed by atoms with E-state index in [0.717, 1.165) is 24.9 Å². The van der Waals surface area contributed by atoms with Gasteiger partial charge in [0.05, 0.1) is 6.54 Å². The highest BCUT2D eigenvalue weighted by Crippen LogP contribution is 2.14. The van der Waals surface area contributed by atoms with Crippen molar-refractivity contribution >= 4 is 35.8 Å². The number of ether oxygens (including phenoxy) is 1. The zero-order valence-corrected chi connectivity index (χ0v) is 16.4. The van der Waals surface area contributed by atoms with Gasteiger partial charge in [-0.3, -0.25) is 4.79 Å². The Morgan fingerprint density at radius 2 is 2.13 bits per heavy atom. The van der Waals surface area contributed by atoms with Crippen molar-refractivity contribution in [3.63, 3.8) is 0 Å². The number of carbonyl (C=O) groups excluding carboxylic acids is 1. The molecule has 0 aliphatic carbocycles. The summed E-state index contributed by atoms with van der Waals surface area (Å²) in [6.45, 7) is 3.47. The smallest absolute Gasteiger partial charge is 0.259 e. The van der Waals surface area contributed by atoms with Gasteiger partial charge in [0, 0.05) is 20.6 Å². The number of unbranched alkanes of at least 4 members (excludes halogenated alkanes) is 1. The molecule has 0 saturated heterocycles. The molecule has 1 aromatic carbocycles. The first-order chi connectivity index (χ1) is 10.5. The highest BCUT2D eigenvalue weighted by Gasteiger charge is 2.05. The molecule has 3 N–H and O–H groups in total. The summed E-state index contributed by atoms with van der Waals surface area (Å²) in [5, 5.41) is 3.07. The van der Waals surface area contributed by atoms with Crippen LogP contribution in [0.15, 0.2) is 29.3 Å². The lowest BCUT2D eigenvalue weighted by Gasteiger charge is -2.11. The van der Waals surface area contributed by atoms with Crippen LogP contribution < -0.4 is 15.8 Å². The van der Waals surface area contributed by atoms with Crippen LogP contribution in [0.3, 0.4) is 0 Å². The summed E-state index contributed by atoms with van der Waals surface area (Å²) in [5.74, 6) is 1.02. The van der Waals surface area contributed by atoms with Crippen molar-refractivity contribution < 1.29 is 9.53 Å². The van der Waals surface area contributed by atoms with E-state index in [9.17, 15) is 4.79 Å². The average Bonchev–Trinajstić information content (AvgIpc) is 2.51. The maximum atomic E-state index is 11.5. The van der Waals surface area contributed by atoms with Gasteiger partial charge in [0.1, 0.15) is 5.75 Å². The fourth-order valence-corrected chi connectivity index (χ4v) is 1.63. The van der Waals surface area contributed by atoms with E-state index in [1.807, 2.05) is 24.3 Å². The molecule has 0 heterocycles. The Morgan fingerprint density at radius 1 is 1.39 bits per heavy atom. The molecule has 0 spiro atoms. The predicted octanol–water partition coefficient (Wildman–Crippen LogP) is 1.98. The minimum absolute atomic E-state index is 0. The van der Waals surface area contributed by atoms with E-state index in [1.165, 1.54) is 4.90 Å². The molecule has 6 nitrogen and oxygen atoms in total. The number of nitrogens with two attached hydrogens (primary N) is 1. The first-order valence-electron chi connectivity index (χ1n) is 7.48. The predicted molar refractivity (Wildman–Crippen MR) is 104 cm³/mol. The van der Waals surface area contributed by atoms with E-state index < -0.39 is 0 Å². The number of benzene rings is 1. The molecule has 23 heavy (non-hydrogen) atoms. The van der Waals surface area contributed by atoms with Crippen molar-refractivity contribution in [1.82, 2.24) is 10.2 Å². The van der Waals surface area contributed by atoms with Gasteiger partial charge in [0.25, 0.3) is 5.91 Å². The summed E-state index contributed by atoms with van der Waals surface area (Å²) in [6, 6.07) is 7.51. The third-order valence-corrected chi connectivity index (χ3v) is 3.03. The molecular formula is C16H27IN4O2. The second kappa shape index (κ2) is 12.0. The molecule has 0 aliphatic rings. The van der Waals surface area contributed by atoms with Crippen LogP contribution in [0.1, 0.15) is 25.3 Å². The minimum Gasteiger partial charge on any atom is -0.484 e. The molecule has 0 aliphatic heterocycles. The average molecular weight is 434 g/mol. The standard InChI is InChI=1S/C16H26N4O2.HI/c1-4-5-9-18-16(17)19-11-13-7-6-8-14(10-13)22-12-15(21)20(2)3;/h6-8,10H,4-5,9,11-12H2,1-3H3,(H3,17,18,19);1H. The quantitative estimate of drug-likeness (QED) is 0.284. The van der Waals surface area contributed by atoms with Crippen molar-refractivity contribution in [3.05, 3.63) is 29.8 Å². The van der Waals surface area contributed by atoms with Gasteiger partial charge in [-0.15, -0.1) is 24.0 Å². The van der Waals surface area contributed by atoms with Gasteiger partial charge in [-0.2, -0.15) is 0 Å². The Balaban J connectivity index is 0.00000484. The molecule has 0 bridgehead atoms. The number of guanidine groups is 1. The maximum absolute atomic E-state index is 11.5. The van der Waals surface area contributed by atoms with Crippen LogP contribution in [0.4, 0.5) is 0 Å². The first-order valence-corrected chi connectivity index (χ1v) is 7.48. The molecule has 0 radical (unpaired) electrons. The summed E-state index contributed by atoms with van der Waals surface area (Å²) in [5.41, 5.74) is 6.77. The largest absolute Gasteiger partial charge is 0.484 e. The number of amides is 1. The van der Waals surface area contributed by atoms with Gasteiger partial charge in [-0.1, -0.05) is 25.5 Å². The number of carbonyl (C=O) groups is 1. The summed E-state index contributed by atoms with van der Waals surface area (Å²) >= 11 is 0. The molecular weight excluding hydrogens is 407 g/mol. The normalized spacial score (nSPS) is 10.7. The van der Waals surface area contributed by atoms with Gasteiger partial charge in [0.2, 0.25) is 0 Å². The Bertz CT molecular complexity index is 507. The van der Waals surface area contributed by atoms with E-state index in [0.29, 0.717) is 18.3 Å². The molecule has 0 saturated carbocycles. The van der Waals surface area contributed by atoms with E-state index in [2.05, 4.69) is 17.2 Å². The number of halogens is 1. The fraction of sp³-hybridized carbons (Fsp3) is 0.500. The molecule has 1 amide bonds. The maximum Gasteiger partial charge on any atom is 0.259 e. The lowest BCUT2D eigenvalue weighted by molar-refractivity contribution is -0.130. The Labute approximate surface area is 155 Å². The van der Waals surface area contributed by atoms with Crippen LogP contribution in [-0.4, -0.2) is 44.0 Å². The number of hydrogen-bond donors (Lipinski definition) is 2. The van der Waals surface area contributed by atoms with Crippen LogP contribution in [0.2, 0.25) is 0 Å². The van der Waals surface area contributed by atoms with Crippen LogP contribution >= 0.6 is 24.0 Å². The lowest BCUT2D eigenvalue weighted by atomic mass is 10.2. The summed E-state index contributed by atoms with van der Waals surface area (Å²) in [7, 11) is 3.40. The van der Waals surface area contributed by atoms with Crippen LogP contribution in [-0.2, 0) is 11.3 Å². The topological polar surface area (TPSA) is 80.0 Å². The molecule has 7 heteroatoms. The SMILES string of the molecule is CCCCNC(N)=NCc1cccc(OCC(=O)N(C)C)c1.I. The zero-order chi connectivity index (χ0) is 16.4. The molecule has 0 aromatic heterocycles. The van der Waals surface area contributed by atoms with Gasteiger partial charge >= 0.3 is 0 Å². The first kappa shape index (κ1) is 21.5. The van der Waals surface area contributed by atoms with Gasteiger partial charge in [-0.25, -0.2) is 4.99 Å². The molecule has 0 unspecified atom stereocenters. The molecule has 1 rings (SSSR count). The monoisotopic (exact) mass is 434 g/mol. The number of aliphatic imine (C=N–C) groups is 1. The summed E-state index contributed by atoms with van der Waals surface area (Å²) < 4.78 is 5.47. The number of rotatable bonds is 8. The Morgan fingerprint density at radius 3 is 2.78 bits per heavy atom. The van der Waals surface area contributed by atoms with Crippen molar-refractivity contribution in [2.75, 3.05) is 27.2 Å². The number of likely N-dealkylation sites (N-methyl/N-ethyl adjacent to an activating group) is 1. The van der Waals surface area contributed by atoms with E-state index in [1.54, 1.807) is 14.1 Å². The van der Waals surface area contributed by atoms with Gasteiger partial charge in [0.15, 0.2) is 12.6 Å². The third kappa shape index (κ3) is 9.27. The lowest BCUT2D eigenvalue weighted by Crippen LogP contribution is -2.32. The Hall–Kier alpha value is -1.51. The molecule has 1 aromatic rings. The molecule has 0 fully saturated rings. The number of nitrogens with one attached hydrogen (secondary N) is 1. The number of hydrogen-bond acceptors (Lipinski definition) is 3. The zero-order valence-electron chi connectivity index (χ0n) is 14.0. The highest BCUT2D eigenvalue weighted by molar-refractivity contribution is 14.0. The fourth-order valence-electron chi connectivity index (χ4n) is 1.63. The third-order valence-electron chi connectivity index (χ3n) is 3.03. The van der Waals surface area contributed by atoms with Crippen molar-refractivity contribution in [3.8, 4) is 5.75 Å². The van der Waals surface area contributed by atoms with Gasteiger partial charge in [-0.05, 0) is 24.1 Å². The van der Waals surface area contributed by atoms with Crippen molar-refractivity contribution in [1.29, 1.82) is 0 Å². The van der Waals surface area contributed by atoms with Gasteiger partial charge < -0.3 is 20.7 Å². The Kier molecular flexibility index (Phi) is 11.2. The van der Waals surface area contributed by atoms with Crippen LogP contribution in [0, 0.1) is 0 Å². The molecule has 0 atom stereocenters. The summed E-state index contributed by atoms with van der Waals surface area (Å²) in [4.78, 5) is 17.3. The highest BCUT2D eigenvalue weighted by atomic mass is 127. The van der Waals surface area contributed by atoms with Crippen molar-refractivity contribution in [2.24, 2.45) is 10.7 Å². The second-order valence-electron chi connectivity index (χ2n) is 5.21. The van der Waals surface area contributed by atoms with E-state index in [4.69, 9.17) is 10.5 Å². The van der Waals surface area contributed by atoms with E-state index >= 15 is 0 Å². The second-order valence-corrected chi connectivity index (χ2v) is 5.21. The molecule has 130 valence electrons. The number of nitrogens with zero attached hydrogens (tertiary/aromatic N) is 2. The minimum atomic E-state index is -0.0761. The van der Waals surface area contributed by atoms with Crippen LogP contribution in [0.25, 0.3) is 0 Å². The van der Waals surface area contributed by atoms with Crippen LogP contribution in [0.5, 0.6) is 5.75 Å². The van der Waals surface area contributed by atoms with Crippen molar-refractivity contribution in [2.45, 2.75) is 26.3 Å².